The normalized spacial score (nSPS) is 25.7. The van der Waals surface area contributed by atoms with Crippen LogP contribution in [0.5, 0.6) is 0 Å². The van der Waals surface area contributed by atoms with Gasteiger partial charge < -0.3 is 10.4 Å². The minimum Gasteiger partial charge on any atom is -0.395 e. The SMILES string of the molecule is Cc1ccc(C2(CO)CCCNC2)c(C)c1. The minimum absolute atomic E-state index is 0.0595. The summed E-state index contributed by atoms with van der Waals surface area (Å²) < 4.78 is 0. The zero-order valence-corrected chi connectivity index (χ0v) is 10.2. The van der Waals surface area contributed by atoms with Crippen LogP contribution in [0.1, 0.15) is 29.5 Å². The lowest BCUT2D eigenvalue weighted by Crippen LogP contribution is -2.46. The summed E-state index contributed by atoms with van der Waals surface area (Å²) >= 11 is 0. The molecule has 1 atom stereocenters. The molecule has 0 aromatic heterocycles. The van der Waals surface area contributed by atoms with Gasteiger partial charge in [0.15, 0.2) is 0 Å². The van der Waals surface area contributed by atoms with Gasteiger partial charge in [0.1, 0.15) is 0 Å². The zero-order valence-electron chi connectivity index (χ0n) is 10.2. The monoisotopic (exact) mass is 219 g/mol. The number of hydrogen-bond donors (Lipinski definition) is 2. The topological polar surface area (TPSA) is 32.3 Å². The lowest BCUT2D eigenvalue weighted by Gasteiger charge is -2.37. The van der Waals surface area contributed by atoms with Gasteiger partial charge in [0.2, 0.25) is 0 Å². The Kier molecular flexibility index (Phi) is 3.31. The first-order chi connectivity index (χ1) is 7.68. The van der Waals surface area contributed by atoms with Crippen LogP contribution in [0, 0.1) is 13.8 Å². The van der Waals surface area contributed by atoms with Gasteiger partial charge in [0.05, 0.1) is 6.61 Å². The maximum Gasteiger partial charge on any atom is 0.0540 e. The molecule has 0 bridgehead atoms. The summed E-state index contributed by atoms with van der Waals surface area (Å²) in [5.41, 5.74) is 3.85. The van der Waals surface area contributed by atoms with Gasteiger partial charge in [-0.25, -0.2) is 0 Å². The molecule has 0 saturated carbocycles. The number of aliphatic hydroxyl groups is 1. The number of hydrogen-bond acceptors (Lipinski definition) is 2. The average Bonchev–Trinajstić information content (AvgIpc) is 2.30. The van der Waals surface area contributed by atoms with E-state index < -0.39 is 0 Å². The van der Waals surface area contributed by atoms with E-state index in [2.05, 4.69) is 37.4 Å². The molecule has 0 amide bonds. The lowest BCUT2D eigenvalue weighted by molar-refractivity contribution is 0.162. The van der Waals surface area contributed by atoms with E-state index >= 15 is 0 Å². The summed E-state index contributed by atoms with van der Waals surface area (Å²) in [5, 5.41) is 13.2. The second kappa shape index (κ2) is 4.56. The maximum absolute atomic E-state index is 9.75. The molecule has 2 heteroatoms. The van der Waals surface area contributed by atoms with Crippen LogP contribution in [0.3, 0.4) is 0 Å². The number of aryl methyl sites for hydroxylation is 2. The molecule has 0 aliphatic carbocycles. The second-order valence-electron chi connectivity index (χ2n) is 5.04. The van der Waals surface area contributed by atoms with Gasteiger partial charge in [-0.3, -0.25) is 0 Å². The fraction of sp³-hybridized carbons (Fsp3) is 0.571. The van der Waals surface area contributed by atoms with Crippen LogP contribution < -0.4 is 5.32 Å². The summed E-state index contributed by atoms with van der Waals surface area (Å²) in [6.07, 6.45) is 2.23. The quantitative estimate of drug-likeness (QED) is 0.796. The first kappa shape index (κ1) is 11.6. The Labute approximate surface area is 97.7 Å². The molecule has 0 spiro atoms. The van der Waals surface area contributed by atoms with Gasteiger partial charge in [-0.05, 0) is 44.4 Å². The van der Waals surface area contributed by atoms with Crippen LogP contribution in [-0.4, -0.2) is 24.8 Å². The molecule has 88 valence electrons. The molecular weight excluding hydrogens is 198 g/mol. The molecule has 1 aromatic carbocycles. The first-order valence-corrected chi connectivity index (χ1v) is 6.07. The molecule has 2 nitrogen and oxygen atoms in total. The van der Waals surface area contributed by atoms with Gasteiger partial charge in [0, 0.05) is 12.0 Å². The van der Waals surface area contributed by atoms with E-state index in [1.54, 1.807) is 0 Å². The van der Waals surface area contributed by atoms with E-state index in [1.165, 1.54) is 16.7 Å². The molecule has 1 aliphatic rings. The lowest BCUT2D eigenvalue weighted by atomic mass is 9.73. The van der Waals surface area contributed by atoms with Crippen molar-refractivity contribution >= 4 is 0 Å². The molecule has 0 radical (unpaired) electrons. The fourth-order valence-corrected chi connectivity index (χ4v) is 2.83. The highest BCUT2D eigenvalue weighted by molar-refractivity contribution is 5.37. The summed E-state index contributed by atoms with van der Waals surface area (Å²) in [4.78, 5) is 0. The van der Waals surface area contributed by atoms with E-state index in [0.29, 0.717) is 0 Å². The van der Waals surface area contributed by atoms with Crippen molar-refractivity contribution in [3.63, 3.8) is 0 Å². The van der Waals surface area contributed by atoms with Gasteiger partial charge in [0.25, 0.3) is 0 Å². The van der Waals surface area contributed by atoms with Crippen LogP contribution >= 0.6 is 0 Å². The predicted molar refractivity (Wildman–Crippen MR) is 66.8 cm³/mol. The number of rotatable bonds is 2. The largest absolute Gasteiger partial charge is 0.395 e. The second-order valence-corrected chi connectivity index (χ2v) is 5.04. The van der Waals surface area contributed by atoms with E-state index in [4.69, 9.17) is 0 Å². The summed E-state index contributed by atoms with van der Waals surface area (Å²) in [7, 11) is 0. The summed E-state index contributed by atoms with van der Waals surface area (Å²) in [6.45, 7) is 6.47. The Bertz CT molecular complexity index is 367. The highest BCUT2D eigenvalue weighted by atomic mass is 16.3. The van der Waals surface area contributed by atoms with Crippen LogP contribution in [0.4, 0.5) is 0 Å². The van der Waals surface area contributed by atoms with Crippen molar-refractivity contribution in [1.29, 1.82) is 0 Å². The Morgan fingerprint density at radius 2 is 2.19 bits per heavy atom. The van der Waals surface area contributed by atoms with Crippen molar-refractivity contribution in [2.75, 3.05) is 19.7 Å². The minimum atomic E-state index is -0.0595. The fourth-order valence-electron chi connectivity index (χ4n) is 2.83. The van der Waals surface area contributed by atoms with Crippen molar-refractivity contribution in [3.8, 4) is 0 Å². The van der Waals surface area contributed by atoms with Gasteiger partial charge in [-0.15, -0.1) is 0 Å². The Hall–Kier alpha value is -0.860. The van der Waals surface area contributed by atoms with Crippen LogP contribution in [0.2, 0.25) is 0 Å². The zero-order chi connectivity index (χ0) is 11.6. The molecule has 1 unspecified atom stereocenters. The third-order valence-electron chi connectivity index (χ3n) is 3.73. The molecule has 1 aliphatic heterocycles. The van der Waals surface area contributed by atoms with Crippen molar-refractivity contribution in [2.24, 2.45) is 0 Å². The highest BCUT2D eigenvalue weighted by Gasteiger charge is 2.34. The Morgan fingerprint density at radius 3 is 2.75 bits per heavy atom. The number of nitrogens with one attached hydrogen (secondary N) is 1. The van der Waals surface area contributed by atoms with Crippen LogP contribution in [-0.2, 0) is 5.41 Å². The molecule has 1 aromatic rings. The molecule has 1 heterocycles. The van der Waals surface area contributed by atoms with Gasteiger partial charge >= 0.3 is 0 Å². The molecule has 2 N–H and O–H groups in total. The number of benzene rings is 1. The molecule has 2 rings (SSSR count). The number of piperidine rings is 1. The standard InChI is InChI=1S/C14H21NO/c1-11-4-5-13(12(2)8-11)14(10-16)6-3-7-15-9-14/h4-5,8,15-16H,3,6-7,9-10H2,1-2H3. The highest BCUT2D eigenvalue weighted by Crippen LogP contribution is 2.33. The van der Waals surface area contributed by atoms with Crippen molar-refractivity contribution in [1.82, 2.24) is 5.32 Å². The molecule has 1 fully saturated rings. The average molecular weight is 219 g/mol. The van der Waals surface area contributed by atoms with Crippen molar-refractivity contribution < 1.29 is 5.11 Å². The van der Waals surface area contributed by atoms with E-state index in [9.17, 15) is 5.11 Å². The molecule has 1 saturated heterocycles. The van der Waals surface area contributed by atoms with E-state index in [-0.39, 0.29) is 12.0 Å². The molecule has 16 heavy (non-hydrogen) atoms. The third kappa shape index (κ3) is 2.00. The van der Waals surface area contributed by atoms with Crippen LogP contribution in [0.15, 0.2) is 18.2 Å². The van der Waals surface area contributed by atoms with Gasteiger partial charge in [-0.1, -0.05) is 23.8 Å². The Morgan fingerprint density at radius 1 is 1.38 bits per heavy atom. The van der Waals surface area contributed by atoms with E-state index in [1.807, 2.05) is 0 Å². The van der Waals surface area contributed by atoms with Gasteiger partial charge in [-0.2, -0.15) is 0 Å². The van der Waals surface area contributed by atoms with Crippen molar-refractivity contribution in [2.45, 2.75) is 32.1 Å². The predicted octanol–water partition coefficient (Wildman–Crippen LogP) is 1.92. The Balaban J connectivity index is 2.39. The van der Waals surface area contributed by atoms with Crippen LogP contribution in [0.25, 0.3) is 0 Å². The molecular formula is C14H21NO. The van der Waals surface area contributed by atoms with Crippen molar-refractivity contribution in [3.05, 3.63) is 34.9 Å². The maximum atomic E-state index is 9.75. The van der Waals surface area contributed by atoms with E-state index in [0.717, 1.165) is 25.9 Å². The third-order valence-corrected chi connectivity index (χ3v) is 3.73. The number of aliphatic hydroxyl groups excluding tert-OH is 1. The smallest absolute Gasteiger partial charge is 0.0540 e. The summed E-state index contributed by atoms with van der Waals surface area (Å²) in [5.74, 6) is 0. The first-order valence-electron chi connectivity index (χ1n) is 6.07. The summed E-state index contributed by atoms with van der Waals surface area (Å²) in [6, 6.07) is 6.55.